The summed E-state index contributed by atoms with van der Waals surface area (Å²) in [6.07, 6.45) is 3.41. The third kappa shape index (κ3) is 4.30. The Morgan fingerprint density at radius 3 is 2.68 bits per heavy atom. The first-order valence-electron chi connectivity index (χ1n) is 10.1. The number of hydrogen-bond acceptors (Lipinski definition) is 4. The Morgan fingerprint density at radius 1 is 1.06 bits per heavy atom. The van der Waals surface area contributed by atoms with E-state index in [0.717, 1.165) is 31.4 Å². The minimum atomic E-state index is -0.909. The number of aromatic nitrogens is 2. The molecule has 3 aromatic rings. The van der Waals surface area contributed by atoms with Gasteiger partial charge in [-0.1, -0.05) is 6.42 Å². The molecule has 1 aromatic heterocycles. The molecule has 5 rings (SSSR count). The van der Waals surface area contributed by atoms with Crippen molar-refractivity contribution in [2.75, 3.05) is 13.2 Å². The SMILES string of the molecule is Cl.O=C(NC1CCCC(c2nc3cc(F)c(F)cc3[nH]2)C1)c1ccc2c(c1)OCCO2. The van der Waals surface area contributed by atoms with Gasteiger partial charge in [0, 0.05) is 29.7 Å². The number of halogens is 3. The molecular formula is C22H22ClF2N3O3. The number of fused-ring (bicyclic) bond motifs is 2. The van der Waals surface area contributed by atoms with Crippen LogP contribution in [0.3, 0.4) is 0 Å². The summed E-state index contributed by atoms with van der Waals surface area (Å²) in [5.41, 5.74) is 1.41. The van der Waals surface area contributed by atoms with Crippen molar-refractivity contribution in [3.8, 4) is 11.5 Å². The van der Waals surface area contributed by atoms with Crippen LogP contribution < -0.4 is 14.8 Å². The van der Waals surface area contributed by atoms with Gasteiger partial charge < -0.3 is 19.8 Å². The van der Waals surface area contributed by atoms with Gasteiger partial charge in [-0.15, -0.1) is 12.4 Å². The van der Waals surface area contributed by atoms with E-state index in [9.17, 15) is 13.6 Å². The fraction of sp³-hybridized carbons (Fsp3) is 0.364. The number of carbonyl (C=O) groups excluding carboxylic acids is 1. The van der Waals surface area contributed by atoms with Crippen molar-refractivity contribution in [3.63, 3.8) is 0 Å². The molecule has 2 atom stereocenters. The summed E-state index contributed by atoms with van der Waals surface area (Å²) in [5, 5.41) is 3.10. The van der Waals surface area contributed by atoms with Crippen LogP contribution in [0.5, 0.6) is 11.5 Å². The Labute approximate surface area is 183 Å². The van der Waals surface area contributed by atoms with Crippen LogP contribution in [0.15, 0.2) is 30.3 Å². The highest BCUT2D eigenvalue weighted by Gasteiger charge is 2.27. The van der Waals surface area contributed by atoms with Crippen LogP contribution in [-0.4, -0.2) is 35.1 Å². The highest BCUT2D eigenvalue weighted by Crippen LogP contribution is 2.34. The minimum Gasteiger partial charge on any atom is -0.486 e. The van der Waals surface area contributed by atoms with E-state index in [1.54, 1.807) is 18.2 Å². The van der Waals surface area contributed by atoms with Crippen molar-refractivity contribution in [2.24, 2.45) is 0 Å². The minimum absolute atomic E-state index is 0. The zero-order valence-electron chi connectivity index (χ0n) is 16.6. The number of rotatable bonds is 3. The first-order valence-corrected chi connectivity index (χ1v) is 10.1. The van der Waals surface area contributed by atoms with Crippen LogP contribution in [0.2, 0.25) is 0 Å². The van der Waals surface area contributed by atoms with Gasteiger partial charge in [-0.3, -0.25) is 4.79 Å². The summed E-state index contributed by atoms with van der Waals surface area (Å²) in [5.74, 6) is 0.0487. The number of imidazole rings is 1. The van der Waals surface area contributed by atoms with E-state index in [-0.39, 0.29) is 30.3 Å². The van der Waals surface area contributed by atoms with Gasteiger partial charge in [0.2, 0.25) is 0 Å². The third-order valence-corrected chi connectivity index (χ3v) is 5.74. The van der Waals surface area contributed by atoms with Crippen molar-refractivity contribution >= 4 is 29.3 Å². The lowest BCUT2D eigenvalue weighted by molar-refractivity contribution is 0.0923. The van der Waals surface area contributed by atoms with Gasteiger partial charge in [-0.25, -0.2) is 13.8 Å². The molecule has 0 bridgehead atoms. The second-order valence-electron chi connectivity index (χ2n) is 7.80. The second kappa shape index (κ2) is 8.70. The van der Waals surface area contributed by atoms with Crippen LogP contribution in [0.4, 0.5) is 8.78 Å². The summed E-state index contributed by atoms with van der Waals surface area (Å²) >= 11 is 0. The first kappa shape index (κ1) is 21.4. The van der Waals surface area contributed by atoms with Gasteiger partial charge >= 0.3 is 0 Å². The molecule has 1 fully saturated rings. The normalized spacial score (nSPS) is 20.2. The number of carbonyl (C=O) groups is 1. The molecule has 1 amide bonds. The molecule has 0 radical (unpaired) electrons. The molecule has 2 unspecified atom stereocenters. The maximum atomic E-state index is 13.5. The van der Waals surface area contributed by atoms with Gasteiger partial charge in [-0.2, -0.15) is 0 Å². The molecule has 1 saturated carbocycles. The highest BCUT2D eigenvalue weighted by molar-refractivity contribution is 5.95. The summed E-state index contributed by atoms with van der Waals surface area (Å²) in [6, 6.07) is 7.41. The molecule has 164 valence electrons. The fourth-order valence-corrected chi connectivity index (χ4v) is 4.24. The number of benzene rings is 2. The third-order valence-electron chi connectivity index (χ3n) is 5.74. The number of amides is 1. The molecular weight excluding hydrogens is 428 g/mol. The monoisotopic (exact) mass is 449 g/mol. The summed E-state index contributed by atoms with van der Waals surface area (Å²) < 4.78 is 38.0. The molecule has 6 nitrogen and oxygen atoms in total. The maximum Gasteiger partial charge on any atom is 0.251 e. The molecule has 2 aliphatic rings. The Morgan fingerprint density at radius 2 is 1.84 bits per heavy atom. The number of ether oxygens (including phenoxy) is 2. The van der Waals surface area contributed by atoms with Crippen molar-refractivity contribution in [2.45, 2.75) is 37.6 Å². The molecule has 1 aliphatic heterocycles. The predicted octanol–water partition coefficient (Wildman–Crippen LogP) is 4.49. The number of nitrogens with one attached hydrogen (secondary N) is 2. The van der Waals surface area contributed by atoms with Gasteiger partial charge in [0.15, 0.2) is 23.1 Å². The zero-order chi connectivity index (χ0) is 20.7. The van der Waals surface area contributed by atoms with Crippen molar-refractivity contribution in [1.29, 1.82) is 0 Å². The highest BCUT2D eigenvalue weighted by atomic mass is 35.5. The Kier molecular flexibility index (Phi) is 6.00. The lowest BCUT2D eigenvalue weighted by Crippen LogP contribution is -2.38. The predicted molar refractivity (Wildman–Crippen MR) is 113 cm³/mol. The van der Waals surface area contributed by atoms with Crippen LogP contribution in [-0.2, 0) is 0 Å². The summed E-state index contributed by atoms with van der Waals surface area (Å²) in [7, 11) is 0. The van der Waals surface area contributed by atoms with E-state index >= 15 is 0 Å². The van der Waals surface area contributed by atoms with E-state index in [0.29, 0.717) is 53.6 Å². The molecule has 1 aliphatic carbocycles. The van der Waals surface area contributed by atoms with Gasteiger partial charge in [-0.05, 0) is 37.5 Å². The van der Waals surface area contributed by atoms with Crippen LogP contribution in [0.1, 0.15) is 47.8 Å². The van der Waals surface area contributed by atoms with Crippen molar-refractivity contribution in [3.05, 3.63) is 53.4 Å². The number of aromatic amines is 1. The quantitative estimate of drug-likeness (QED) is 0.617. The topological polar surface area (TPSA) is 76.2 Å². The number of hydrogen-bond donors (Lipinski definition) is 2. The van der Waals surface area contributed by atoms with E-state index < -0.39 is 11.6 Å². The molecule has 9 heteroatoms. The molecule has 2 heterocycles. The van der Waals surface area contributed by atoms with Gasteiger partial charge in [0.05, 0.1) is 11.0 Å². The lowest BCUT2D eigenvalue weighted by atomic mass is 9.85. The number of nitrogens with zero attached hydrogens (tertiary/aromatic N) is 1. The Balaban J connectivity index is 0.00000231. The fourth-order valence-electron chi connectivity index (χ4n) is 4.24. The second-order valence-corrected chi connectivity index (χ2v) is 7.80. The Bertz CT molecular complexity index is 1080. The van der Waals surface area contributed by atoms with Crippen LogP contribution >= 0.6 is 12.4 Å². The zero-order valence-corrected chi connectivity index (χ0v) is 17.4. The maximum absolute atomic E-state index is 13.5. The first-order chi connectivity index (χ1) is 14.6. The van der Waals surface area contributed by atoms with Crippen molar-refractivity contribution in [1.82, 2.24) is 15.3 Å². The van der Waals surface area contributed by atoms with E-state index in [1.165, 1.54) is 0 Å². The molecule has 2 N–H and O–H groups in total. The molecule has 0 saturated heterocycles. The van der Waals surface area contributed by atoms with E-state index in [1.807, 2.05) is 0 Å². The molecule has 31 heavy (non-hydrogen) atoms. The summed E-state index contributed by atoms with van der Waals surface area (Å²) in [6.45, 7) is 0.969. The lowest BCUT2D eigenvalue weighted by Gasteiger charge is -2.29. The smallest absolute Gasteiger partial charge is 0.251 e. The van der Waals surface area contributed by atoms with Gasteiger partial charge in [0.25, 0.3) is 5.91 Å². The van der Waals surface area contributed by atoms with E-state index in [4.69, 9.17) is 9.47 Å². The van der Waals surface area contributed by atoms with Crippen LogP contribution in [0.25, 0.3) is 11.0 Å². The van der Waals surface area contributed by atoms with E-state index in [2.05, 4.69) is 15.3 Å². The standard InChI is InChI=1S/C22H21F2N3O3.ClH/c23-15-10-17-18(11-16(15)24)27-21(26-17)12-2-1-3-14(8-12)25-22(28)13-4-5-19-20(9-13)30-7-6-29-19;/h4-5,9-12,14H,1-3,6-8H2,(H,25,28)(H,26,27);1H. The largest absolute Gasteiger partial charge is 0.486 e. The average Bonchev–Trinajstić information content (AvgIpc) is 3.16. The number of H-pyrrole nitrogens is 1. The summed E-state index contributed by atoms with van der Waals surface area (Å²) in [4.78, 5) is 20.3. The average molecular weight is 450 g/mol. The van der Waals surface area contributed by atoms with Gasteiger partial charge in [0.1, 0.15) is 19.0 Å². The van der Waals surface area contributed by atoms with Crippen molar-refractivity contribution < 1.29 is 23.0 Å². The Hall–Kier alpha value is -2.87. The molecule has 0 spiro atoms. The van der Waals surface area contributed by atoms with Crippen LogP contribution in [0, 0.1) is 11.6 Å². The molecule has 2 aromatic carbocycles.